The van der Waals surface area contributed by atoms with E-state index in [0.717, 1.165) is 43.4 Å². The zero-order chi connectivity index (χ0) is 19.4. The monoisotopic (exact) mass is 375 g/mol. The maximum absolute atomic E-state index is 6.26. The van der Waals surface area contributed by atoms with Gasteiger partial charge in [-0.1, -0.05) is 24.3 Å². The Labute approximate surface area is 167 Å². The molecule has 4 heteroatoms. The van der Waals surface area contributed by atoms with Gasteiger partial charge in [-0.2, -0.15) is 0 Å². The summed E-state index contributed by atoms with van der Waals surface area (Å²) < 4.78 is 5.64. The first-order valence-electron chi connectivity index (χ1n) is 10.7. The highest BCUT2D eigenvalue weighted by Crippen LogP contribution is 2.61. The Balaban J connectivity index is 1.57. The summed E-state index contributed by atoms with van der Waals surface area (Å²) in [6.45, 7) is 1.99. The molecule has 4 aliphatic rings. The fourth-order valence-corrected chi connectivity index (χ4v) is 5.49. The summed E-state index contributed by atoms with van der Waals surface area (Å²) in [5.74, 6) is 8.03. The number of fused-ring (bicyclic) bond motifs is 3. The van der Waals surface area contributed by atoms with Crippen molar-refractivity contribution in [3.05, 3.63) is 34.9 Å². The molecule has 5 rings (SSSR count). The number of nitrogens with two attached hydrogens (primary N) is 1. The topological polar surface area (TPSA) is 60.0 Å². The van der Waals surface area contributed by atoms with Crippen LogP contribution in [0.1, 0.15) is 68.6 Å². The minimum Gasteiger partial charge on any atom is -0.382 e. The third-order valence-corrected chi connectivity index (χ3v) is 7.49. The van der Waals surface area contributed by atoms with Gasteiger partial charge in [0.05, 0.1) is 11.8 Å². The number of nitrogens with zero attached hydrogens (tertiary/aromatic N) is 2. The Kier molecular flexibility index (Phi) is 4.14. The standard InChI is InChI=1S/C24H29N3O/c1-16-22(25)27-24(26-16)21-14-18(7-6-17-4-3-5-17)8-9-19(21)15-23(24)12-10-20(28-2)11-13-23/h8-9,14,17,20H,3-5,10-13,15H2,1-2H3,(H2,25,27)/t20-,23-,24-/m0/s1. The van der Waals surface area contributed by atoms with Gasteiger partial charge in [0.1, 0.15) is 5.84 Å². The Morgan fingerprint density at radius 3 is 2.54 bits per heavy atom. The van der Waals surface area contributed by atoms with Crippen molar-refractivity contribution in [2.75, 3.05) is 7.11 Å². The summed E-state index contributed by atoms with van der Waals surface area (Å²) in [6.07, 6.45) is 9.43. The van der Waals surface area contributed by atoms with Gasteiger partial charge in [-0.15, -0.1) is 0 Å². The average Bonchev–Trinajstić information content (AvgIpc) is 3.10. The van der Waals surface area contributed by atoms with Crippen molar-refractivity contribution in [2.45, 2.75) is 70.1 Å². The largest absolute Gasteiger partial charge is 0.382 e. The molecule has 0 radical (unpaired) electrons. The molecule has 2 spiro atoms. The van der Waals surface area contributed by atoms with E-state index in [4.69, 9.17) is 20.5 Å². The van der Waals surface area contributed by atoms with E-state index in [-0.39, 0.29) is 5.41 Å². The fourth-order valence-electron chi connectivity index (χ4n) is 5.49. The van der Waals surface area contributed by atoms with E-state index < -0.39 is 5.66 Å². The lowest BCUT2D eigenvalue weighted by atomic mass is 9.65. The summed E-state index contributed by atoms with van der Waals surface area (Å²) in [7, 11) is 1.82. The van der Waals surface area contributed by atoms with Crippen molar-refractivity contribution < 1.29 is 4.74 Å². The molecule has 2 fully saturated rings. The molecule has 146 valence electrons. The zero-order valence-corrected chi connectivity index (χ0v) is 16.9. The first-order chi connectivity index (χ1) is 13.6. The van der Waals surface area contributed by atoms with E-state index in [1.54, 1.807) is 0 Å². The number of hydrogen-bond acceptors (Lipinski definition) is 4. The fraction of sp³-hybridized carbons (Fsp3) is 0.583. The first-order valence-corrected chi connectivity index (χ1v) is 10.7. The number of ether oxygens (including phenoxy) is 1. The van der Waals surface area contributed by atoms with Crippen LogP contribution in [0.5, 0.6) is 0 Å². The van der Waals surface area contributed by atoms with Gasteiger partial charge >= 0.3 is 0 Å². The normalized spacial score (nSPS) is 33.9. The van der Waals surface area contributed by atoms with Crippen molar-refractivity contribution in [2.24, 2.45) is 27.1 Å². The quantitative estimate of drug-likeness (QED) is 0.756. The third kappa shape index (κ3) is 2.56. The second-order valence-corrected chi connectivity index (χ2v) is 9.03. The van der Waals surface area contributed by atoms with Crippen LogP contribution in [0.25, 0.3) is 0 Å². The molecule has 0 amide bonds. The summed E-state index contributed by atoms with van der Waals surface area (Å²) in [4.78, 5) is 10.2. The lowest BCUT2D eigenvalue weighted by Crippen LogP contribution is -2.43. The maximum atomic E-state index is 6.26. The van der Waals surface area contributed by atoms with Gasteiger partial charge < -0.3 is 10.5 Å². The van der Waals surface area contributed by atoms with Crippen molar-refractivity contribution in [1.82, 2.24) is 0 Å². The Morgan fingerprint density at radius 1 is 1.14 bits per heavy atom. The van der Waals surface area contributed by atoms with Gasteiger partial charge in [0, 0.05) is 29.6 Å². The van der Waals surface area contributed by atoms with Crippen molar-refractivity contribution in [1.29, 1.82) is 0 Å². The Morgan fingerprint density at radius 2 is 1.93 bits per heavy atom. The SMILES string of the molecule is CO[C@H]1CC[C@]2(CC1)Cc1ccc(C#CC3CCC3)cc1[C@@]21N=C(C)C(N)=N1. The second-order valence-electron chi connectivity index (χ2n) is 9.03. The molecule has 1 aromatic carbocycles. The zero-order valence-electron chi connectivity index (χ0n) is 16.9. The summed E-state index contributed by atoms with van der Waals surface area (Å²) in [6, 6.07) is 6.68. The predicted octanol–water partition coefficient (Wildman–Crippen LogP) is 3.95. The van der Waals surface area contributed by atoms with Crippen LogP contribution < -0.4 is 5.73 Å². The molecule has 2 saturated carbocycles. The predicted molar refractivity (Wildman–Crippen MR) is 112 cm³/mol. The van der Waals surface area contributed by atoms with Crippen LogP contribution in [0.4, 0.5) is 0 Å². The minimum absolute atomic E-state index is 0.00671. The number of hydrogen-bond donors (Lipinski definition) is 1. The van der Waals surface area contributed by atoms with Gasteiger partial charge in [0.2, 0.25) is 0 Å². The highest BCUT2D eigenvalue weighted by Gasteiger charge is 2.60. The second kappa shape index (κ2) is 6.46. The number of amidine groups is 1. The molecule has 0 aromatic heterocycles. The number of methoxy groups -OCH3 is 1. The lowest BCUT2D eigenvalue weighted by molar-refractivity contribution is -0.000378. The van der Waals surface area contributed by atoms with Crippen LogP contribution >= 0.6 is 0 Å². The van der Waals surface area contributed by atoms with Gasteiger partial charge in [-0.3, -0.25) is 4.99 Å². The van der Waals surface area contributed by atoms with Gasteiger partial charge in [-0.25, -0.2) is 4.99 Å². The molecule has 1 aromatic rings. The average molecular weight is 376 g/mol. The smallest absolute Gasteiger partial charge is 0.184 e. The van der Waals surface area contributed by atoms with Gasteiger partial charge in [0.15, 0.2) is 5.66 Å². The molecular formula is C24H29N3O. The third-order valence-electron chi connectivity index (χ3n) is 7.49. The van der Waals surface area contributed by atoms with Crippen LogP contribution in [0, 0.1) is 23.2 Å². The van der Waals surface area contributed by atoms with Crippen molar-refractivity contribution >= 4 is 11.5 Å². The Bertz CT molecular complexity index is 903. The van der Waals surface area contributed by atoms with E-state index in [1.807, 2.05) is 14.0 Å². The lowest BCUT2D eigenvalue weighted by Gasteiger charge is -2.44. The van der Waals surface area contributed by atoms with Crippen LogP contribution in [0.2, 0.25) is 0 Å². The van der Waals surface area contributed by atoms with E-state index in [1.165, 1.54) is 30.4 Å². The molecule has 28 heavy (non-hydrogen) atoms. The maximum Gasteiger partial charge on any atom is 0.184 e. The van der Waals surface area contributed by atoms with Crippen LogP contribution in [-0.2, 0) is 16.8 Å². The van der Waals surface area contributed by atoms with E-state index in [9.17, 15) is 0 Å². The van der Waals surface area contributed by atoms with Gasteiger partial charge in [0.25, 0.3) is 0 Å². The van der Waals surface area contributed by atoms with E-state index in [2.05, 4.69) is 30.0 Å². The van der Waals surface area contributed by atoms with E-state index >= 15 is 0 Å². The molecule has 0 unspecified atom stereocenters. The molecule has 3 aliphatic carbocycles. The molecule has 4 nitrogen and oxygen atoms in total. The Hall–Kier alpha value is -2.12. The van der Waals surface area contributed by atoms with Crippen LogP contribution in [0.15, 0.2) is 28.2 Å². The highest BCUT2D eigenvalue weighted by atomic mass is 16.5. The molecule has 0 bridgehead atoms. The molecule has 1 aliphatic heterocycles. The molecule has 0 saturated heterocycles. The molecule has 2 N–H and O–H groups in total. The number of aliphatic imine (C=N–C) groups is 2. The molecular weight excluding hydrogens is 346 g/mol. The van der Waals surface area contributed by atoms with Crippen molar-refractivity contribution in [3.8, 4) is 11.8 Å². The molecule has 1 atom stereocenters. The first kappa shape index (κ1) is 17.9. The van der Waals surface area contributed by atoms with Crippen LogP contribution in [0.3, 0.4) is 0 Å². The van der Waals surface area contributed by atoms with E-state index in [0.29, 0.717) is 17.9 Å². The summed E-state index contributed by atoms with van der Waals surface area (Å²) in [5.41, 5.74) is 10.2. The van der Waals surface area contributed by atoms with Crippen LogP contribution in [-0.4, -0.2) is 24.8 Å². The van der Waals surface area contributed by atoms with Crippen molar-refractivity contribution in [3.63, 3.8) is 0 Å². The van der Waals surface area contributed by atoms with Gasteiger partial charge in [-0.05, 0) is 69.6 Å². The minimum atomic E-state index is -0.566. The number of benzene rings is 1. The molecule has 1 heterocycles. The number of rotatable bonds is 1. The summed E-state index contributed by atoms with van der Waals surface area (Å²) in [5, 5.41) is 0. The summed E-state index contributed by atoms with van der Waals surface area (Å²) >= 11 is 0. The highest BCUT2D eigenvalue weighted by molar-refractivity contribution is 6.41.